The predicted octanol–water partition coefficient (Wildman–Crippen LogP) is 2.05. The summed E-state index contributed by atoms with van der Waals surface area (Å²) in [6.45, 7) is 4.35. The van der Waals surface area contributed by atoms with Crippen LogP contribution in [0.2, 0.25) is 0 Å². The fraction of sp³-hybridized carbons (Fsp3) is 0.400. The first-order valence-corrected chi connectivity index (χ1v) is 10.2. The van der Waals surface area contributed by atoms with Crippen molar-refractivity contribution in [2.75, 3.05) is 11.5 Å². The highest BCUT2D eigenvalue weighted by molar-refractivity contribution is 7.98. The van der Waals surface area contributed by atoms with E-state index in [4.69, 9.17) is 0 Å². The lowest BCUT2D eigenvalue weighted by molar-refractivity contribution is 0.597. The molecular formula is C15H18N4O2S2. The van der Waals surface area contributed by atoms with Gasteiger partial charge in [0.05, 0.1) is 17.2 Å². The van der Waals surface area contributed by atoms with Crippen LogP contribution in [0.1, 0.15) is 23.9 Å². The molecular weight excluding hydrogens is 332 g/mol. The molecule has 23 heavy (non-hydrogen) atoms. The van der Waals surface area contributed by atoms with E-state index in [-0.39, 0.29) is 17.4 Å². The van der Waals surface area contributed by atoms with Gasteiger partial charge in [-0.15, -0.1) is 16.8 Å². The molecule has 0 saturated carbocycles. The van der Waals surface area contributed by atoms with Crippen molar-refractivity contribution in [3.8, 4) is 0 Å². The van der Waals surface area contributed by atoms with E-state index in [2.05, 4.69) is 21.8 Å². The van der Waals surface area contributed by atoms with E-state index < -0.39 is 9.84 Å². The Morgan fingerprint density at radius 3 is 2.91 bits per heavy atom. The van der Waals surface area contributed by atoms with E-state index in [1.54, 1.807) is 24.0 Å². The molecule has 2 aromatic rings. The quantitative estimate of drug-likeness (QED) is 0.586. The number of pyridine rings is 1. The zero-order valence-electron chi connectivity index (χ0n) is 12.6. The maximum Gasteiger partial charge on any atom is 0.191 e. The number of thioether (sulfide) groups is 1. The Hall–Kier alpha value is -1.67. The van der Waals surface area contributed by atoms with Crippen molar-refractivity contribution < 1.29 is 8.42 Å². The van der Waals surface area contributed by atoms with Crippen LogP contribution < -0.4 is 0 Å². The Morgan fingerprint density at radius 1 is 1.39 bits per heavy atom. The van der Waals surface area contributed by atoms with Crippen LogP contribution in [-0.2, 0) is 22.1 Å². The van der Waals surface area contributed by atoms with E-state index in [9.17, 15) is 8.42 Å². The smallest absolute Gasteiger partial charge is 0.191 e. The van der Waals surface area contributed by atoms with Crippen molar-refractivity contribution >= 4 is 21.6 Å². The summed E-state index contributed by atoms with van der Waals surface area (Å²) in [7, 11) is -2.95. The molecule has 122 valence electrons. The van der Waals surface area contributed by atoms with Crippen molar-refractivity contribution in [1.29, 1.82) is 0 Å². The minimum absolute atomic E-state index is 0.0725. The summed E-state index contributed by atoms with van der Waals surface area (Å²) in [4.78, 5) is 4.29. The Morgan fingerprint density at radius 2 is 2.26 bits per heavy atom. The van der Waals surface area contributed by atoms with Crippen molar-refractivity contribution in [1.82, 2.24) is 19.7 Å². The number of aromatic nitrogens is 4. The molecule has 0 amide bonds. The Kier molecular flexibility index (Phi) is 4.82. The molecule has 3 heterocycles. The van der Waals surface area contributed by atoms with E-state index in [0.717, 1.165) is 16.7 Å². The van der Waals surface area contributed by atoms with E-state index >= 15 is 0 Å². The van der Waals surface area contributed by atoms with Gasteiger partial charge in [0.1, 0.15) is 5.82 Å². The van der Waals surface area contributed by atoms with Gasteiger partial charge in [-0.3, -0.25) is 4.98 Å². The second kappa shape index (κ2) is 6.84. The fourth-order valence-electron chi connectivity index (χ4n) is 2.63. The molecule has 1 atom stereocenters. The third-order valence-corrected chi connectivity index (χ3v) is 6.50. The summed E-state index contributed by atoms with van der Waals surface area (Å²) in [6, 6.07) is 5.80. The van der Waals surface area contributed by atoms with Gasteiger partial charge in [-0.1, -0.05) is 23.9 Å². The summed E-state index contributed by atoms with van der Waals surface area (Å²) in [5.74, 6) is 1.76. The zero-order valence-corrected chi connectivity index (χ0v) is 14.3. The van der Waals surface area contributed by atoms with Gasteiger partial charge in [0.15, 0.2) is 15.0 Å². The number of hydrogen-bond donors (Lipinski definition) is 0. The monoisotopic (exact) mass is 350 g/mol. The molecule has 2 aromatic heterocycles. The predicted molar refractivity (Wildman–Crippen MR) is 90.0 cm³/mol. The normalized spacial score (nSPS) is 19.7. The lowest BCUT2D eigenvalue weighted by atomic mass is 10.1. The van der Waals surface area contributed by atoms with Crippen molar-refractivity contribution in [2.24, 2.45) is 0 Å². The summed E-state index contributed by atoms with van der Waals surface area (Å²) in [5, 5.41) is 9.27. The minimum atomic E-state index is -2.95. The largest absolute Gasteiger partial charge is 0.302 e. The molecule has 6 nitrogen and oxygen atoms in total. The van der Waals surface area contributed by atoms with E-state index in [0.29, 0.717) is 18.7 Å². The third kappa shape index (κ3) is 3.81. The molecule has 3 rings (SSSR count). The lowest BCUT2D eigenvalue weighted by Crippen LogP contribution is -2.11. The fourth-order valence-corrected chi connectivity index (χ4v) is 5.24. The highest BCUT2D eigenvalue weighted by Gasteiger charge is 2.33. The molecule has 0 radical (unpaired) electrons. The second-order valence-electron chi connectivity index (χ2n) is 5.45. The van der Waals surface area contributed by atoms with Crippen LogP contribution in [0, 0.1) is 0 Å². The molecule has 1 fully saturated rings. The topological polar surface area (TPSA) is 77.7 Å². The van der Waals surface area contributed by atoms with Crippen LogP contribution in [0.4, 0.5) is 0 Å². The molecule has 0 bridgehead atoms. The SMILES string of the molecule is C=CCn1c(SCc2ccccn2)nnc1[C@@H]1CCS(=O)(=O)C1. The molecule has 0 unspecified atom stereocenters. The number of rotatable bonds is 6. The van der Waals surface area contributed by atoms with E-state index in [1.807, 2.05) is 22.8 Å². The number of sulfone groups is 1. The lowest BCUT2D eigenvalue weighted by Gasteiger charge is -2.11. The van der Waals surface area contributed by atoms with Crippen LogP contribution in [0.15, 0.2) is 42.2 Å². The van der Waals surface area contributed by atoms with Crippen LogP contribution in [0.3, 0.4) is 0 Å². The molecule has 1 aliphatic rings. The highest BCUT2D eigenvalue weighted by atomic mass is 32.2. The van der Waals surface area contributed by atoms with Gasteiger partial charge in [0, 0.05) is 24.4 Å². The van der Waals surface area contributed by atoms with Gasteiger partial charge >= 0.3 is 0 Å². The molecule has 0 aromatic carbocycles. The van der Waals surface area contributed by atoms with E-state index in [1.165, 1.54) is 0 Å². The van der Waals surface area contributed by atoms with Gasteiger partial charge in [-0.05, 0) is 18.6 Å². The standard InChI is InChI=1S/C15H18N4O2S2/c1-2-8-19-14(12-6-9-23(20,21)11-12)17-18-15(19)22-10-13-5-3-4-7-16-13/h2-5,7,12H,1,6,8-11H2/t12-/m1/s1. The second-order valence-corrected chi connectivity index (χ2v) is 8.62. The molecule has 0 N–H and O–H groups in total. The third-order valence-electron chi connectivity index (χ3n) is 3.73. The summed E-state index contributed by atoms with van der Waals surface area (Å²) < 4.78 is 25.4. The van der Waals surface area contributed by atoms with Crippen molar-refractivity contribution in [3.05, 3.63) is 48.6 Å². The molecule has 0 spiro atoms. The van der Waals surface area contributed by atoms with Crippen LogP contribution >= 0.6 is 11.8 Å². The van der Waals surface area contributed by atoms with Gasteiger partial charge in [0.2, 0.25) is 0 Å². The first-order valence-electron chi connectivity index (χ1n) is 7.36. The number of allylic oxidation sites excluding steroid dienone is 1. The molecule has 8 heteroatoms. The maximum absolute atomic E-state index is 11.7. The minimum Gasteiger partial charge on any atom is -0.302 e. The average molecular weight is 350 g/mol. The maximum atomic E-state index is 11.7. The molecule has 1 saturated heterocycles. The Bertz CT molecular complexity index is 787. The number of hydrogen-bond acceptors (Lipinski definition) is 6. The number of nitrogens with zero attached hydrogens (tertiary/aromatic N) is 4. The van der Waals surface area contributed by atoms with Crippen LogP contribution in [0.25, 0.3) is 0 Å². The van der Waals surface area contributed by atoms with Gasteiger partial charge in [0.25, 0.3) is 0 Å². The average Bonchev–Trinajstić information content (AvgIpc) is 3.10. The molecule has 1 aliphatic heterocycles. The Labute approximate surface area is 140 Å². The summed E-state index contributed by atoms with van der Waals surface area (Å²) in [5.41, 5.74) is 0.968. The van der Waals surface area contributed by atoms with Crippen molar-refractivity contribution in [2.45, 2.75) is 29.8 Å². The Balaban J connectivity index is 1.80. The highest BCUT2D eigenvalue weighted by Crippen LogP contribution is 2.30. The summed E-state index contributed by atoms with van der Waals surface area (Å²) >= 11 is 1.55. The van der Waals surface area contributed by atoms with Crippen LogP contribution in [-0.4, -0.2) is 39.7 Å². The van der Waals surface area contributed by atoms with Crippen molar-refractivity contribution in [3.63, 3.8) is 0 Å². The van der Waals surface area contributed by atoms with Crippen LogP contribution in [0.5, 0.6) is 0 Å². The molecule has 0 aliphatic carbocycles. The zero-order chi connectivity index (χ0) is 16.3. The summed E-state index contributed by atoms with van der Waals surface area (Å²) in [6.07, 6.45) is 4.16. The van der Waals surface area contributed by atoms with Gasteiger partial charge in [-0.2, -0.15) is 0 Å². The van der Waals surface area contributed by atoms with Gasteiger partial charge in [-0.25, -0.2) is 8.42 Å². The van der Waals surface area contributed by atoms with Gasteiger partial charge < -0.3 is 4.57 Å². The first-order chi connectivity index (χ1) is 11.1. The first kappa shape index (κ1) is 16.2.